The fraction of sp³-hybridized carbons (Fsp3) is 0.455. The Balaban J connectivity index is 2.58. The van der Waals surface area contributed by atoms with Crippen LogP contribution in [0, 0.1) is 6.92 Å². The summed E-state index contributed by atoms with van der Waals surface area (Å²) >= 11 is 0. The van der Waals surface area contributed by atoms with Crippen molar-refractivity contribution >= 4 is 5.69 Å². The van der Waals surface area contributed by atoms with Crippen LogP contribution < -0.4 is 10.5 Å². The Morgan fingerprint density at radius 1 is 1.50 bits per heavy atom. The molecule has 0 aliphatic rings. The number of nitrogen functional groups attached to an aromatic ring is 1. The maximum atomic E-state index is 9.06. The molecule has 0 fully saturated rings. The summed E-state index contributed by atoms with van der Waals surface area (Å²) in [5, 5.41) is 9.06. The van der Waals surface area contributed by atoms with Crippen molar-refractivity contribution in [3.05, 3.63) is 23.8 Å². The van der Waals surface area contributed by atoms with Gasteiger partial charge in [0.25, 0.3) is 0 Å². The predicted molar refractivity (Wildman–Crippen MR) is 57.4 cm³/mol. The lowest BCUT2D eigenvalue weighted by Crippen LogP contribution is -2.09. The molecule has 3 N–H and O–H groups in total. The van der Waals surface area contributed by atoms with Gasteiger partial charge in [0, 0.05) is 6.42 Å². The zero-order valence-electron chi connectivity index (χ0n) is 8.66. The SMILES string of the molecule is Cc1cccc(N)c1OCCC(C)O. The summed E-state index contributed by atoms with van der Waals surface area (Å²) in [6.07, 6.45) is 0.286. The lowest BCUT2D eigenvalue weighted by atomic mass is 10.2. The summed E-state index contributed by atoms with van der Waals surface area (Å²) < 4.78 is 5.49. The summed E-state index contributed by atoms with van der Waals surface area (Å²) in [5.41, 5.74) is 7.42. The highest BCUT2D eigenvalue weighted by atomic mass is 16.5. The van der Waals surface area contributed by atoms with Crippen LogP contribution in [0.3, 0.4) is 0 Å². The molecular formula is C11H17NO2. The highest BCUT2D eigenvalue weighted by Crippen LogP contribution is 2.25. The second-order valence-corrected chi connectivity index (χ2v) is 3.48. The number of nitrogens with two attached hydrogens (primary N) is 1. The Hall–Kier alpha value is -1.22. The molecule has 0 heterocycles. The third kappa shape index (κ3) is 2.92. The monoisotopic (exact) mass is 195 g/mol. The molecular weight excluding hydrogens is 178 g/mol. The van der Waals surface area contributed by atoms with Crippen molar-refractivity contribution < 1.29 is 9.84 Å². The summed E-state index contributed by atoms with van der Waals surface area (Å²) in [7, 11) is 0. The lowest BCUT2D eigenvalue weighted by Gasteiger charge is -2.12. The minimum absolute atomic E-state index is 0.333. The summed E-state index contributed by atoms with van der Waals surface area (Å²) in [4.78, 5) is 0. The van der Waals surface area contributed by atoms with Gasteiger partial charge in [-0.1, -0.05) is 12.1 Å². The number of rotatable bonds is 4. The number of aliphatic hydroxyl groups is 1. The second-order valence-electron chi connectivity index (χ2n) is 3.48. The van der Waals surface area contributed by atoms with E-state index < -0.39 is 0 Å². The number of aliphatic hydroxyl groups excluding tert-OH is 1. The van der Waals surface area contributed by atoms with E-state index in [1.54, 1.807) is 6.92 Å². The fourth-order valence-electron chi connectivity index (χ4n) is 1.20. The van der Waals surface area contributed by atoms with Crippen molar-refractivity contribution in [3.63, 3.8) is 0 Å². The van der Waals surface area contributed by atoms with Crippen LogP contribution in [0.1, 0.15) is 18.9 Å². The Bertz CT molecular complexity index is 277. The Morgan fingerprint density at radius 2 is 2.21 bits per heavy atom. The molecule has 78 valence electrons. The average Bonchev–Trinajstić information content (AvgIpc) is 2.09. The molecule has 1 aromatic carbocycles. The van der Waals surface area contributed by atoms with Crippen molar-refractivity contribution in [3.8, 4) is 5.75 Å². The summed E-state index contributed by atoms with van der Waals surface area (Å²) in [6.45, 7) is 4.19. The molecule has 1 atom stereocenters. The number of hydrogen-bond acceptors (Lipinski definition) is 3. The molecule has 0 saturated carbocycles. The van der Waals surface area contributed by atoms with E-state index in [1.165, 1.54) is 0 Å². The van der Waals surface area contributed by atoms with Gasteiger partial charge in [-0.15, -0.1) is 0 Å². The molecule has 0 saturated heterocycles. The molecule has 0 spiro atoms. The van der Waals surface area contributed by atoms with Gasteiger partial charge < -0.3 is 15.6 Å². The van der Waals surface area contributed by atoms with Crippen LogP contribution in [0.25, 0.3) is 0 Å². The second kappa shape index (κ2) is 4.86. The van der Waals surface area contributed by atoms with Gasteiger partial charge in [0.1, 0.15) is 5.75 Å². The van der Waals surface area contributed by atoms with E-state index in [0.717, 1.165) is 11.3 Å². The molecule has 3 nitrogen and oxygen atoms in total. The van der Waals surface area contributed by atoms with Gasteiger partial charge in [-0.2, -0.15) is 0 Å². The Morgan fingerprint density at radius 3 is 2.79 bits per heavy atom. The predicted octanol–water partition coefficient (Wildman–Crippen LogP) is 1.73. The van der Waals surface area contributed by atoms with Crippen LogP contribution in [-0.2, 0) is 0 Å². The molecule has 3 heteroatoms. The number of hydrogen-bond donors (Lipinski definition) is 2. The number of aryl methyl sites for hydroxylation is 1. The largest absolute Gasteiger partial charge is 0.491 e. The minimum Gasteiger partial charge on any atom is -0.491 e. The van der Waals surface area contributed by atoms with Gasteiger partial charge in [0.05, 0.1) is 18.4 Å². The zero-order valence-corrected chi connectivity index (χ0v) is 8.66. The average molecular weight is 195 g/mol. The molecule has 14 heavy (non-hydrogen) atoms. The van der Waals surface area contributed by atoms with E-state index in [4.69, 9.17) is 15.6 Å². The van der Waals surface area contributed by atoms with E-state index in [1.807, 2.05) is 25.1 Å². The molecule has 0 bridgehead atoms. The van der Waals surface area contributed by atoms with E-state index in [9.17, 15) is 0 Å². The third-order valence-electron chi connectivity index (χ3n) is 2.02. The van der Waals surface area contributed by atoms with Gasteiger partial charge in [-0.05, 0) is 25.5 Å². The van der Waals surface area contributed by atoms with Gasteiger partial charge in [-0.3, -0.25) is 0 Å². The molecule has 1 rings (SSSR count). The van der Waals surface area contributed by atoms with Gasteiger partial charge in [0.2, 0.25) is 0 Å². The highest BCUT2D eigenvalue weighted by molar-refractivity contribution is 5.56. The first-order valence-corrected chi connectivity index (χ1v) is 4.77. The molecule has 0 aromatic heterocycles. The summed E-state index contributed by atoms with van der Waals surface area (Å²) in [5.74, 6) is 0.730. The van der Waals surface area contributed by atoms with Crippen molar-refractivity contribution in [1.82, 2.24) is 0 Å². The van der Waals surface area contributed by atoms with Crippen molar-refractivity contribution in [1.29, 1.82) is 0 Å². The maximum Gasteiger partial charge on any atom is 0.145 e. The van der Waals surface area contributed by atoms with Crippen LogP contribution in [0.15, 0.2) is 18.2 Å². The minimum atomic E-state index is -0.333. The molecule has 0 amide bonds. The number of ether oxygens (including phenoxy) is 1. The number of anilines is 1. The first kappa shape index (κ1) is 10.9. The number of benzene rings is 1. The molecule has 0 aliphatic carbocycles. The fourth-order valence-corrected chi connectivity index (χ4v) is 1.20. The van der Waals surface area contributed by atoms with Crippen LogP contribution in [-0.4, -0.2) is 17.8 Å². The quantitative estimate of drug-likeness (QED) is 0.719. The molecule has 1 aromatic rings. The van der Waals surface area contributed by atoms with E-state index >= 15 is 0 Å². The molecule has 0 aliphatic heterocycles. The first-order valence-electron chi connectivity index (χ1n) is 4.77. The third-order valence-corrected chi connectivity index (χ3v) is 2.02. The standard InChI is InChI=1S/C11H17NO2/c1-8-4-3-5-10(12)11(8)14-7-6-9(2)13/h3-5,9,13H,6-7,12H2,1-2H3. The number of para-hydroxylation sites is 1. The maximum absolute atomic E-state index is 9.06. The highest BCUT2D eigenvalue weighted by Gasteiger charge is 2.04. The topological polar surface area (TPSA) is 55.5 Å². The zero-order chi connectivity index (χ0) is 10.6. The van der Waals surface area contributed by atoms with Crippen LogP contribution in [0.5, 0.6) is 5.75 Å². The smallest absolute Gasteiger partial charge is 0.145 e. The van der Waals surface area contributed by atoms with E-state index in [-0.39, 0.29) is 6.10 Å². The Kier molecular flexibility index (Phi) is 3.77. The van der Waals surface area contributed by atoms with Gasteiger partial charge in [-0.25, -0.2) is 0 Å². The van der Waals surface area contributed by atoms with E-state index in [0.29, 0.717) is 18.7 Å². The molecule has 1 unspecified atom stereocenters. The first-order chi connectivity index (χ1) is 6.61. The van der Waals surface area contributed by atoms with Crippen molar-refractivity contribution in [2.24, 2.45) is 0 Å². The van der Waals surface area contributed by atoms with Crippen LogP contribution in [0.4, 0.5) is 5.69 Å². The summed E-state index contributed by atoms with van der Waals surface area (Å²) in [6, 6.07) is 5.66. The van der Waals surface area contributed by atoms with Crippen molar-refractivity contribution in [2.45, 2.75) is 26.4 Å². The Labute approximate surface area is 84.5 Å². The normalized spacial score (nSPS) is 12.5. The lowest BCUT2D eigenvalue weighted by molar-refractivity contribution is 0.155. The van der Waals surface area contributed by atoms with Gasteiger partial charge >= 0.3 is 0 Å². The molecule has 0 radical (unpaired) electrons. The van der Waals surface area contributed by atoms with Gasteiger partial charge in [0.15, 0.2) is 0 Å². The van der Waals surface area contributed by atoms with Crippen molar-refractivity contribution in [2.75, 3.05) is 12.3 Å². The van der Waals surface area contributed by atoms with Crippen LogP contribution in [0.2, 0.25) is 0 Å². The van der Waals surface area contributed by atoms with E-state index in [2.05, 4.69) is 0 Å². The van der Waals surface area contributed by atoms with Crippen LogP contribution >= 0.6 is 0 Å².